The molecule has 7 heteroatoms. The molecule has 152 valence electrons. The number of amides is 1. The predicted octanol–water partition coefficient (Wildman–Crippen LogP) is 0.284. The Bertz CT molecular complexity index is 442. The second-order valence-electron chi connectivity index (χ2n) is 7.45. The molecule has 2 atom stereocenters. The van der Waals surface area contributed by atoms with Crippen molar-refractivity contribution in [3.63, 3.8) is 0 Å². The summed E-state index contributed by atoms with van der Waals surface area (Å²) in [4.78, 5) is 27.1. The molecule has 0 heterocycles. The van der Waals surface area contributed by atoms with Crippen LogP contribution >= 0.6 is 0 Å². The molecule has 27 heavy (non-hydrogen) atoms. The number of carbonyl (C=O) groups is 2. The Balaban J connectivity index is 0. The van der Waals surface area contributed by atoms with Gasteiger partial charge in [0.1, 0.15) is 12.1 Å². The molecule has 0 unspecified atom stereocenters. The van der Waals surface area contributed by atoms with Crippen LogP contribution in [0.4, 0.5) is 0 Å². The van der Waals surface area contributed by atoms with Gasteiger partial charge in [0, 0.05) is 0 Å². The Hall–Kier alpha value is -0.590. The fraction of sp³-hybridized carbons (Fsp3) is 0.850. The number of hydrogen-bond donors (Lipinski definition) is 2. The average molecular weight is 393 g/mol. The third-order valence-corrected chi connectivity index (χ3v) is 4.28. The number of rotatable bonds is 15. The maximum Gasteiger partial charge on any atom is 1.00 e. The molecule has 0 aromatic carbocycles. The van der Waals surface area contributed by atoms with Gasteiger partial charge in [0.05, 0.1) is 0 Å². The molecule has 0 aliphatic rings. The second kappa shape index (κ2) is 17.5. The molecule has 0 saturated carbocycles. The van der Waals surface area contributed by atoms with Crippen LogP contribution in [0, 0.1) is 5.92 Å². The van der Waals surface area contributed by atoms with Crippen LogP contribution in [0.3, 0.4) is 0 Å². The van der Waals surface area contributed by atoms with Gasteiger partial charge >= 0.3 is 35.5 Å². The molecule has 0 radical (unpaired) electrons. The first kappa shape index (κ1) is 28.6. The van der Waals surface area contributed by atoms with E-state index in [2.05, 4.69) is 17.2 Å². The molecule has 0 bridgehead atoms. The zero-order valence-corrected chi connectivity index (χ0v) is 19.9. The van der Waals surface area contributed by atoms with Crippen molar-refractivity contribution in [3.8, 4) is 0 Å². The van der Waals surface area contributed by atoms with Gasteiger partial charge in [-0.15, -0.1) is 0 Å². The molecule has 0 aromatic heterocycles. The molecule has 0 saturated heterocycles. The van der Waals surface area contributed by atoms with Gasteiger partial charge in [-0.05, 0) is 38.0 Å². The molecule has 2 N–H and O–H groups in total. The minimum absolute atomic E-state index is 0. The molecule has 0 rings (SSSR count). The summed E-state index contributed by atoms with van der Waals surface area (Å²) >= 11 is 0. The van der Waals surface area contributed by atoms with Gasteiger partial charge in [-0.25, -0.2) is 4.79 Å². The van der Waals surface area contributed by atoms with E-state index < -0.39 is 24.0 Å². The van der Waals surface area contributed by atoms with Crippen LogP contribution < -0.4 is 40.0 Å². The van der Waals surface area contributed by atoms with Crippen LogP contribution in [-0.2, 0) is 9.59 Å². The van der Waals surface area contributed by atoms with E-state index >= 15 is 0 Å². The number of nitrogens with one attached hydrogen (secondary N) is 1. The van der Waals surface area contributed by atoms with Crippen LogP contribution in [0.2, 0.25) is 0 Å². The standard InChI is InChI=1S/C20H38N2O4.Na/c1-5-6-7-8-9-10-11-12-13-18(23)21-16(4)19(24)22-17(20(25)26)14-15(2)3;/h15-17H,5-14H2,1-4H3,(H,21,23)(H,22,24)(H,25,26);/q;+1/p-1/t16-,17-;/m0./s1. The summed E-state index contributed by atoms with van der Waals surface area (Å²) in [7, 11) is 0. The Morgan fingerprint density at radius 1 is 1.00 bits per heavy atom. The zero-order chi connectivity index (χ0) is 19.9. The van der Waals surface area contributed by atoms with Gasteiger partial charge < -0.3 is 15.5 Å². The second-order valence-corrected chi connectivity index (χ2v) is 7.45. The summed E-state index contributed by atoms with van der Waals surface area (Å²) < 4.78 is 0. The van der Waals surface area contributed by atoms with Crippen molar-refractivity contribution in [2.75, 3.05) is 0 Å². The SMILES string of the molecule is CCCCCCCCCCC([O-])=N[C@@H](C)C(=O)N[C@@H](CC(C)C)C(=O)O.[Na+]. The number of hydrogen-bond acceptors (Lipinski definition) is 4. The van der Waals surface area contributed by atoms with E-state index in [1.807, 2.05) is 13.8 Å². The first-order valence-electron chi connectivity index (χ1n) is 10.0. The predicted molar refractivity (Wildman–Crippen MR) is 103 cm³/mol. The molecular weight excluding hydrogens is 355 g/mol. The van der Waals surface area contributed by atoms with Crippen molar-refractivity contribution in [1.29, 1.82) is 0 Å². The number of aliphatic carboxylic acids is 1. The number of unbranched alkanes of at least 4 members (excludes halogenated alkanes) is 7. The van der Waals surface area contributed by atoms with Crippen molar-refractivity contribution in [1.82, 2.24) is 5.32 Å². The maximum atomic E-state index is 12.1. The van der Waals surface area contributed by atoms with Gasteiger partial charge in [-0.3, -0.25) is 9.79 Å². The molecule has 6 nitrogen and oxygen atoms in total. The van der Waals surface area contributed by atoms with Crippen LogP contribution in [0.5, 0.6) is 0 Å². The third kappa shape index (κ3) is 16.1. The van der Waals surface area contributed by atoms with Crippen molar-refractivity contribution < 1.29 is 49.4 Å². The molecule has 1 amide bonds. The van der Waals surface area contributed by atoms with Gasteiger partial charge in [-0.2, -0.15) is 0 Å². The number of aliphatic imine (C=N–C) groups is 1. The van der Waals surface area contributed by atoms with Gasteiger partial charge in [0.25, 0.3) is 0 Å². The third-order valence-electron chi connectivity index (χ3n) is 4.28. The fourth-order valence-corrected chi connectivity index (χ4v) is 2.73. The Kier molecular flexibility index (Phi) is 18.6. The number of carboxylic acid groups (broad SMARTS) is 1. The molecule has 0 aliphatic heterocycles. The van der Waals surface area contributed by atoms with E-state index in [0.717, 1.165) is 19.3 Å². The van der Waals surface area contributed by atoms with Crippen LogP contribution in [-0.4, -0.2) is 35.0 Å². The summed E-state index contributed by atoms with van der Waals surface area (Å²) in [6.45, 7) is 7.50. The zero-order valence-electron chi connectivity index (χ0n) is 17.9. The van der Waals surface area contributed by atoms with E-state index in [-0.39, 0.29) is 41.4 Å². The Morgan fingerprint density at radius 3 is 2.00 bits per heavy atom. The van der Waals surface area contributed by atoms with Crippen molar-refractivity contribution in [3.05, 3.63) is 0 Å². The average Bonchev–Trinajstić information content (AvgIpc) is 2.55. The largest absolute Gasteiger partial charge is 1.00 e. The minimum atomic E-state index is -1.07. The van der Waals surface area contributed by atoms with Crippen molar-refractivity contribution >= 4 is 17.8 Å². The molecule has 0 fully saturated rings. The smallest absolute Gasteiger partial charge is 0.862 e. The molecule has 0 aliphatic carbocycles. The summed E-state index contributed by atoms with van der Waals surface area (Å²) in [6, 6.07) is -1.80. The van der Waals surface area contributed by atoms with Gasteiger partial charge in [0.15, 0.2) is 0 Å². The first-order valence-corrected chi connectivity index (χ1v) is 10.0. The summed E-state index contributed by atoms with van der Waals surface area (Å²) in [5, 5.41) is 23.5. The summed E-state index contributed by atoms with van der Waals surface area (Å²) in [5.74, 6) is -1.71. The molecule has 0 aromatic rings. The van der Waals surface area contributed by atoms with Crippen molar-refractivity contribution in [2.24, 2.45) is 10.9 Å². The molecular formula is C20H37N2NaO4. The fourth-order valence-electron chi connectivity index (χ4n) is 2.73. The number of carboxylic acids is 1. The first-order chi connectivity index (χ1) is 12.3. The maximum absolute atomic E-state index is 12.1. The van der Waals surface area contributed by atoms with E-state index in [9.17, 15) is 14.7 Å². The van der Waals surface area contributed by atoms with Crippen molar-refractivity contribution in [2.45, 2.75) is 104 Å². The van der Waals surface area contributed by atoms with E-state index in [4.69, 9.17) is 5.11 Å². The topological polar surface area (TPSA) is 102 Å². The minimum Gasteiger partial charge on any atom is -0.862 e. The van der Waals surface area contributed by atoms with Crippen LogP contribution in [0.25, 0.3) is 0 Å². The Morgan fingerprint density at radius 2 is 1.52 bits per heavy atom. The quantitative estimate of drug-likeness (QED) is 0.181. The monoisotopic (exact) mass is 392 g/mol. The Labute approximate surface area is 186 Å². The van der Waals surface area contributed by atoms with E-state index in [0.29, 0.717) is 12.8 Å². The van der Waals surface area contributed by atoms with Gasteiger partial charge in [0.2, 0.25) is 5.91 Å². The normalized spacial score (nSPS) is 13.7. The van der Waals surface area contributed by atoms with E-state index in [1.165, 1.54) is 39.0 Å². The number of carbonyl (C=O) groups excluding carboxylic acids is 1. The molecule has 0 spiro atoms. The summed E-state index contributed by atoms with van der Waals surface area (Å²) in [6.07, 6.45) is 9.89. The van der Waals surface area contributed by atoms with Crippen LogP contribution in [0.1, 0.15) is 91.9 Å². The summed E-state index contributed by atoms with van der Waals surface area (Å²) in [5.41, 5.74) is 0. The van der Waals surface area contributed by atoms with Gasteiger partial charge in [-0.1, -0.05) is 65.7 Å². The number of nitrogens with zero attached hydrogens (tertiary/aromatic N) is 1. The van der Waals surface area contributed by atoms with E-state index in [1.54, 1.807) is 0 Å². The van der Waals surface area contributed by atoms with Crippen LogP contribution in [0.15, 0.2) is 4.99 Å².